The molecule has 0 amide bonds. The Bertz CT molecular complexity index is 1070. The summed E-state index contributed by atoms with van der Waals surface area (Å²) in [6.45, 7) is 2.28. The molecule has 3 nitrogen and oxygen atoms in total. The van der Waals surface area contributed by atoms with Crippen molar-refractivity contribution in [2.45, 2.75) is 18.6 Å². The maximum Gasteiger partial charge on any atom is 0.161 e. The Morgan fingerprint density at radius 2 is 1.13 bits per heavy atom. The lowest BCUT2D eigenvalue weighted by atomic mass is 9.86. The Morgan fingerprint density at radius 3 is 1.73 bits per heavy atom. The van der Waals surface area contributed by atoms with E-state index in [0.29, 0.717) is 0 Å². The third kappa shape index (κ3) is 2.95. The average Bonchev–Trinajstić information content (AvgIpc) is 2.84. The molecule has 0 radical (unpaired) electrons. The number of hydrazine groups is 1. The Hall–Kier alpha value is -3.56. The highest BCUT2D eigenvalue weighted by Crippen LogP contribution is 2.47. The van der Waals surface area contributed by atoms with Gasteiger partial charge in [-0.15, -0.1) is 0 Å². The number of hydrogen-bond donors (Lipinski definition) is 2. The van der Waals surface area contributed by atoms with Crippen LogP contribution in [0.1, 0.15) is 29.7 Å². The van der Waals surface area contributed by atoms with Gasteiger partial charge >= 0.3 is 0 Å². The van der Waals surface area contributed by atoms with Gasteiger partial charge in [0.15, 0.2) is 5.66 Å². The second kappa shape index (κ2) is 7.69. The van der Waals surface area contributed by atoms with Crippen LogP contribution in [0.2, 0.25) is 0 Å². The monoisotopic (exact) mass is 391 g/mol. The summed E-state index contributed by atoms with van der Waals surface area (Å²) in [7, 11) is 0. The molecule has 0 saturated heterocycles. The van der Waals surface area contributed by atoms with E-state index in [-0.39, 0.29) is 6.04 Å². The molecule has 1 atom stereocenters. The number of benzene rings is 4. The van der Waals surface area contributed by atoms with Gasteiger partial charge in [0.1, 0.15) is 0 Å². The van der Waals surface area contributed by atoms with E-state index in [1.807, 2.05) is 0 Å². The van der Waals surface area contributed by atoms with Crippen LogP contribution in [0.5, 0.6) is 0 Å². The van der Waals surface area contributed by atoms with Gasteiger partial charge < -0.3 is 10.3 Å². The van der Waals surface area contributed by atoms with Crippen LogP contribution in [0.4, 0.5) is 11.4 Å². The second-order valence-corrected chi connectivity index (χ2v) is 7.67. The van der Waals surface area contributed by atoms with Crippen molar-refractivity contribution in [1.29, 1.82) is 0 Å². The number of para-hydroxylation sites is 2. The van der Waals surface area contributed by atoms with Crippen molar-refractivity contribution in [3.63, 3.8) is 0 Å². The Labute approximate surface area is 178 Å². The van der Waals surface area contributed by atoms with Gasteiger partial charge in [0, 0.05) is 0 Å². The van der Waals surface area contributed by atoms with Crippen LogP contribution in [0, 0.1) is 0 Å². The fraction of sp³-hybridized carbons (Fsp3) is 0.111. The van der Waals surface area contributed by atoms with Gasteiger partial charge in [0.2, 0.25) is 0 Å². The molecule has 30 heavy (non-hydrogen) atoms. The van der Waals surface area contributed by atoms with Gasteiger partial charge in [0.05, 0.1) is 17.4 Å². The van der Waals surface area contributed by atoms with E-state index >= 15 is 0 Å². The number of nitrogens with zero attached hydrogens (tertiary/aromatic N) is 1. The summed E-state index contributed by atoms with van der Waals surface area (Å²) >= 11 is 0. The van der Waals surface area contributed by atoms with E-state index in [4.69, 9.17) is 0 Å². The summed E-state index contributed by atoms with van der Waals surface area (Å²) in [6.07, 6.45) is 0. The number of nitrogens with one attached hydrogen (secondary N) is 2. The average molecular weight is 392 g/mol. The molecule has 1 aliphatic rings. The fourth-order valence-electron chi connectivity index (χ4n) is 4.52. The summed E-state index contributed by atoms with van der Waals surface area (Å²) in [5, 5.41) is 0. The number of hydrogen-bond acceptors (Lipinski definition) is 3. The smallest absolute Gasteiger partial charge is 0.161 e. The van der Waals surface area contributed by atoms with Gasteiger partial charge in [-0.25, -0.2) is 5.43 Å². The van der Waals surface area contributed by atoms with Gasteiger partial charge in [-0.2, -0.15) is 0 Å². The molecule has 3 heteroatoms. The predicted molar refractivity (Wildman–Crippen MR) is 124 cm³/mol. The van der Waals surface area contributed by atoms with E-state index < -0.39 is 5.66 Å². The van der Waals surface area contributed by atoms with Crippen LogP contribution in [0.15, 0.2) is 115 Å². The van der Waals surface area contributed by atoms with Crippen LogP contribution in [0.3, 0.4) is 0 Å². The molecule has 0 spiro atoms. The minimum absolute atomic E-state index is 0.127. The molecule has 4 aromatic carbocycles. The fourth-order valence-corrected chi connectivity index (χ4v) is 4.52. The summed E-state index contributed by atoms with van der Waals surface area (Å²) in [5.74, 6) is 0. The van der Waals surface area contributed by atoms with E-state index in [1.165, 1.54) is 22.4 Å². The molecule has 1 unspecified atom stereocenters. The largest absolute Gasteiger partial charge is 0.336 e. The minimum atomic E-state index is -0.577. The Kier molecular flexibility index (Phi) is 4.74. The first-order valence-electron chi connectivity index (χ1n) is 10.4. The number of fused-ring (bicyclic) bond motifs is 1. The number of anilines is 2. The highest BCUT2D eigenvalue weighted by Gasteiger charge is 2.46. The number of rotatable bonds is 4. The molecule has 0 aliphatic carbocycles. The highest BCUT2D eigenvalue weighted by atomic mass is 15.5. The normalized spacial score (nSPS) is 15.7. The maximum atomic E-state index is 3.70. The predicted octanol–water partition coefficient (Wildman–Crippen LogP) is 6.09. The van der Waals surface area contributed by atoms with Crippen LogP contribution >= 0.6 is 0 Å². The molecule has 148 valence electrons. The van der Waals surface area contributed by atoms with Crippen LogP contribution in [-0.4, -0.2) is 0 Å². The van der Waals surface area contributed by atoms with Crippen LogP contribution in [0.25, 0.3) is 0 Å². The lowest BCUT2D eigenvalue weighted by molar-refractivity contribution is 0.364. The molecule has 5 rings (SSSR count). The van der Waals surface area contributed by atoms with Crippen molar-refractivity contribution in [2.75, 3.05) is 10.3 Å². The lowest BCUT2D eigenvalue weighted by Gasteiger charge is -2.53. The molecule has 0 fully saturated rings. The SMILES string of the molecule is CC(c1ccccc1)N1c2ccccc2NNC1(c1ccccc1)c1ccccc1. The van der Waals surface area contributed by atoms with Crippen molar-refractivity contribution in [3.8, 4) is 0 Å². The first kappa shape index (κ1) is 18.5. The quantitative estimate of drug-likeness (QED) is 0.441. The zero-order chi connectivity index (χ0) is 20.4. The van der Waals surface area contributed by atoms with Crippen molar-refractivity contribution in [1.82, 2.24) is 5.43 Å². The molecule has 1 heterocycles. The van der Waals surface area contributed by atoms with Gasteiger partial charge in [-0.3, -0.25) is 0 Å². The zero-order valence-electron chi connectivity index (χ0n) is 17.0. The minimum Gasteiger partial charge on any atom is -0.336 e. The third-order valence-electron chi connectivity index (χ3n) is 5.96. The molecule has 4 aromatic rings. The van der Waals surface area contributed by atoms with Crippen molar-refractivity contribution < 1.29 is 0 Å². The molecular weight excluding hydrogens is 366 g/mol. The van der Waals surface area contributed by atoms with Crippen molar-refractivity contribution >= 4 is 11.4 Å². The van der Waals surface area contributed by atoms with E-state index in [2.05, 4.69) is 138 Å². The van der Waals surface area contributed by atoms with Gasteiger partial charge in [-0.1, -0.05) is 103 Å². The molecule has 2 N–H and O–H groups in total. The highest BCUT2D eigenvalue weighted by molar-refractivity contribution is 5.75. The lowest BCUT2D eigenvalue weighted by Crippen LogP contribution is -2.62. The first-order chi connectivity index (χ1) is 14.8. The molecule has 1 aliphatic heterocycles. The zero-order valence-corrected chi connectivity index (χ0v) is 17.0. The third-order valence-corrected chi connectivity index (χ3v) is 5.96. The molecule has 0 aromatic heterocycles. The van der Waals surface area contributed by atoms with E-state index in [1.54, 1.807) is 0 Å². The van der Waals surface area contributed by atoms with Crippen LogP contribution in [-0.2, 0) is 5.66 Å². The topological polar surface area (TPSA) is 27.3 Å². The van der Waals surface area contributed by atoms with Crippen molar-refractivity contribution in [2.24, 2.45) is 0 Å². The van der Waals surface area contributed by atoms with E-state index in [9.17, 15) is 0 Å². The summed E-state index contributed by atoms with van der Waals surface area (Å²) < 4.78 is 0. The summed E-state index contributed by atoms with van der Waals surface area (Å²) in [5.41, 5.74) is 12.5. The maximum absolute atomic E-state index is 3.70. The summed E-state index contributed by atoms with van der Waals surface area (Å²) in [4.78, 5) is 2.50. The van der Waals surface area contributed by atoms with Crippen molar-refractivity contribution in [3.05, 3.63) is 132 Å². The van der Waals surface area contributed by atoms with Gasteiger partial charge in [0.25, 0.3) is 0 Å². The van der Waals surface area contributed by atoms with Crippen LogP contribution < -0.4 is 15.8 Å². The molecule has 0 saturated carbocycles. The molecule has 0 bridgehead atoms. The standard InChI is InChI=1S/C27H25N3/c1-21(22-13-5-2-6-14-22)30-26-20-12-11-19-25(26)28-29-27(30,23-15-7-3-8-16-23)24-17-9-4-10-18-24/h2-21,28-29H,1H3. The Balaban J connectivity index is 1.80. The van der Waals surface area contributed by atoms with Gasteiger partial charge in [-0.05, 0) is 35.7 Å². The van der Waals surface area contributed by atoms with E-state index in [0.717, 1.165) is 5.69 Å². The second-order valence-electron chi connectivity index (χ2n) is 7.67. The molecular formula is C27H25N3. The summed E-state index contributed by atoms with van der Waals surface area (Å²) in [6, 6.07) is 40.7. The Morgan fingerprint density at radius 1 is 0.633 bits per heavy atom. The first-order valence-corrected chi connectivity index (χ1v) is 10.4.